The highest BCUT2D eigenvalue weighted by Crippen LogP contribution is 2.48. The van der Waals surface area contributed by atoms with Crippen molar-refractivity contribution in [3.8, 4) is 0 Å². The summed E-state index contributed by atoms with van der Waals surface area (Å²) in [4.78, 5) is 0. The Kier molecular flexibility index (Phi) is 2.10. The van der Waals surface area contributed by atoms with Gasteiger partial charge in [-0.1, -0.05) is 18.2 Å². The van der Waals surface area contributed by atoms with E-state index in [9.17, 15) is 13.0 Å². The first-order valence-electron chi connectivity index (χ1n) is 3.07. The largest absolute Gasteiger partial charge is 0.433 e. The Morgan fingerprint density at radius 3 is 2.18 bits per heavy atom. The minimum Gasteiger partial charge on any atom is -0.244 e. The van der Waals surface area contributed by atoms with Crippen molar-refractivity contribution >= 4 is 13.1 Å². The van der Waals surface area contributed by atoms with E-state index in [0.29, 0.717) is 5.56 Å². The van der Waals surface area contributed by atoms with Crippen LogP contribution in [0.1, 0.15) is 5.56 Å². The summed E-state index contributed by atoms with van der Waals surface area (Å²) in [6, 6.07) is 5.79. The molecule has 0 fully saturated rings. The predicted molar refractivity (Wildman–Crippen MR) is 40.6 cm³/mol. The van der Waals surface area contributed by atoms with Gasteiger partial charge >= 0.3 is 7.76 Å². The van der Waals surface area contributed by atoms with Gasteiger partial charge in [0.2, 0.25) is 0 Å². The highest BCUT2D eigenvalue weighted by atomic mass is 31.2. The number of hydrogen-bond acceptors (Lipinski definition) is 1. The van der Waals surface area contributed by atoms with Gasteiger partial charge in [-0.2, -0.15) is 0 Å². The Morgan fingerprint density at radius 1 is 1.27 bits per heavy atom. The Hall–Kier alpha value is -0.690. The second kappa shape index (κ2) is 2.74. The Balaban J connectivity index is 3.25. The third-order valence-electron chi connectivity index (χ3n) is 1.40. The summed E-state index contributed by atoms with van der Waals surface area (Å²) >= 11 is 0. The normalized spacial score (nSPS) is 11.5. The van der Waals surface area contributed by atoms with Crippen LogP contribution in [0, 0.1) is 6.92 Å². The van der Waals surface area contributed by atoms with Gasteiger partial charge in [-0.25, -0.2) is 4.57 Å². The first kappa shape index (κ1) is 8.41. The second-order valence-corrected chi connectivity index (χ2v) is 3.65. The molecule has 0 atom stereocenters. The lowest BCUT2D eigenvalue weighted by atomic mass is 10.2. The first-order valence-corrected chi connectivity index (χ1v) is 4.56. The number of halogens is 2. The van der Waals surface area contributed by atoms with E-state index in [1.54, 1.807) is 6.07 Å². The molecule has 11 heavy (non-hydrogen) atoms. The average molecular weight is 176 g/mol. The molecule has 0 unspecified atom stereocenters. The Morgan fingerprint density at radius 2 is 1.82 bits per heavy atom. The summed E-state index contributed by atoms with van der Waals surface area (Å²) in [6.07, 6.45) is 0. The van der Waals surface area contributed by atoms with Crippen LogP contribution in [0.5, 0.6) is 0 Å². The van der Waals surface area contributed by atoms with E-state index in [4.69, 9.17) is 0 Å². The zero-order valence-corrected chi connectivity index (χ0v) is 6.82. The highest BCUT2D eigenvalue weighted by Gasteiger charge is 2.23. The van der Waals surface area contributed by atoms with Gasteiger partial charge in [-0.3, -0.25) is 0 Å². The number of benzene rings is 1. The van der Waals surface area contributed by atoms with Crippen molar-refractivity contribution in [1.82, 2.24) is 0 Å². The average Bonchev–Trinajstić information content (AvgIpc) is 1.86. The number of rotatable bonds is 1. The summed E-state index contributed by atoms with van der Waals surface area (Å²) in [7, 11) is -5.06. The second-order valence-electron chi connectivity index (χ2n) is 2.25. The summed E-state index contributed by atoms with van der Waals surface area (Å²) in [6.45, 7) is 1.52. The van der Waals surface area contributed by atoms with Crippen molar-refractivity contribution in [3.63, 3.8) is 0 Å². The number of hydrogen-bond donors (Lipinski definition) is 0. The van der Waals surface area contributed by atoms with Crippen LogP contribution >= 0.6 is 7.76 Å². The van der Waals surface area contributed by atoms with E-state index in [2.05, 4.69) is 0 Å². The highest BCUT2D eigenvalue weighted by molar-refractivity contribution is 7.61. The van der Waals surface area contributed by atoms with Gasteiger partial charge in [0, 0.05) is 0 Å². The lowest BCUT2D eigenvalue weighted by Crippen LogP contribution is -2.01. The summed E-state index contributed by atoms with van der Waals surface area (Å²) < 4.78 is 34.8. The minimum absolute atomic E-state index is 0.333. The summed E-state index contributed by atoms with van der Waals surface area (Å²) in [5.41, 5.74) is 0.376. The molecule has 0 aliphatic rings. The maximum absolute atomic E-state index is 12.3. The third kappa shape index (κ3) is 1.87. The first-order chi connectivity index (χ1) is 5.02. The fourth-order valence-corrected chi connectivity index (χ4v) is 1.60. The topological polar surface area (TPSA) is 17.1 Å². The smallest absolute Gasteiger partial charge is 0.244 e. The van der Waals surface area contributed by atoms with E-state index in [-0.39, 0.29) is 5.30 Å². The molecule has 0 N–H and O–H groups in total. The van der Waals surface area contributed by atoms with Crippen LogP contribution in [0.15, 0.2) is 24.3 Å². The van der Waals surface area contributed by atoms with Gasteiger partial charge in [0.05, 0.1) is 5.30 Å². The molecule has 1 nitrogen and oxygen atoms in total. The molecule has 4 heteroatoms. The zero-order valence-electron chi connectivity index (χ0n) is 5.92. The molecule has 60 valence electrons. The maximum atomic E-state index is 12.3. The van der Waals surface area contributed by atoms with Gasteiger partial charge in [0.1, 0.15) is 0 Å². The quantitative estimate of drug-likeness (QED) is 0.601. The molecule has 0 saturated carbocycles. The Bertz CT molecular complexity index is 305. The van der Waals surface area contributed by atoms with E-state index in [1.165, 1.54) is 25.1 Å². The molecule has 1 aromatic rings. The molecule has 0 aliphatic carbocycles. The fourth-order valence-electron chi connectivity index (χ4n) is 0.855. The van der Waals surface area contributed by atoms with E-state index >= 15 is 0 Å². The van der Waals surface area contributed by atoms with Crippen molar-refractivity contribution in [2.45, 2.75) is 6.92 Å². The van der Waals surface area contributed by atoms with Gasteiger partial charge in [0.25, 0.3) is 0 Å². The molecule has 0 aliphatic heterocycles. The van der Waals surface area contributed by atoms with Crippen LogP contribution in [0.3, 0.4) is 0 Å². The third-order valence-corrected chi connectivity index (χ3v) is 2.46. The van der Waals surface area contributed by atoms with Gasteiger partial charge < -0.3 is 0 Å². The van der Waals surface area contributed by atoms with E-state index in [0.717, 1.165) is 0 Å². The number of aryl methyl sites for hydroxylation is 1. The molecule has 0 radical (unpaired) electrons. The van der Waals surface area contributed by atoms with Crippen molar-refractivity contribution in [2.75, 3.05) is 0 Å². The SMILES string of the molecule is Cc1ccccc1P(=O)(F)F. The van der Waals surface area contributed by atoms with Crippen molar-refractivity contribution in [2.24, 2.45) is 0 Å². The van der Waals surface area contributed by atoms with E-state index in [1.807, 2.05) is 0 Å². The molecular formula is C7H7F2OP. The van der Waals surface area contributed by atoms with Crippen molar-refractivity contribution < 1.29 is 13.0 Å². The van der Waals surface area contributed by atoms with Crippen molar-refractivity contribution in [3.05, 3.63) is 29.8 Å². The Labute approximate surface area is 63.7 Å². The minimum atomic E-state index is -5.06. The summed E-state index contributed by atoms with van der Waals surface area (Å²) in [5.74, 6) is 0. The monoisotopic (exact) mass is 176 g/mol. The molecule has 1 rings (SSSR count). The zero-order chi connectivity index (χ0) is 8.48. The molecule has 0 aromatic heterocycles. The van der Waals surface area contributed by atoms with Crippen LogP contribution in [0.2, 0.25) is 0 Å². The van der Waals surface area contributed by atoms with Crippen LogP contribution in [-0.4, -0.2) is 0 Å². The molecule has 0 amide bonds. The molecule has 0 spiro atoms. The van der Waals surface area contributed by atoms with Crippen molar-refractivity contribution in [1.29, 1.82) is 0 Å². The lowest BCUT2D eigenvalue weighted by molar-refractivity contribution is 0.507. The van der Waals surface area contributed by atoms with E-state index < -0.39 is 7.76 Å². The maximum Gasteiger partial charge on any atom is 0.433 e. The molecular weight excluding hydrogens is 169 g/mol. The molecule has 0 bridgehead atoms. The van der Waals surface area contributed by atoms with Crippen LogP contribution in [0.4, 0.5) is 8.39 Å². The molecule has 1 aromatic carbocycles. The molecule has 0 heterocycles. The lowest BCUT2D eigenvalue weighted by Gasteiger charge is -2.01. The standard InChI is InChI=1S/C7H7F2OP/c1-6-4-2-3-5-7(6)11(8,9)10/h2-5H,1H3. The predicted octanol–water partition coefficient (Wildman–Crippen LogP) is 2.75. The molecule has 0 saturated heterocycles. The fraction of sp³-hybridized carbons (Fsp3) is 0.143. The van der Waals surface area contributed by atoms with Gasteiger partial charge in [-0.05, 0) is 18.6 Å². The van der Waals surface area contributed by atoms with Crippen LogP contribution in [0.25, 0.3) is 0 Å². The van der Waals surface area contributed by atoms with Crippen LogP contribution in [-0.2, 0) is 4.57 Å². The summed E-state index contributed by atoms with van der Waals surface area (Å²) in [5, 5.41) is -0.333. The van der Waals surface area contributed by atoms with Crippen LogP contribution < -0.4 is 5.30 Å². The van der Waals surface area contributed by atoms with Gasteiger partial charge in [-0.15, -0.1) is 8.39 Å². The van der Waals surface area contributed by atoms with Gasteiger partial charge in [0.15, 0.2) is 0 Å².